The molecule has 0 saturated heterocycles. The maximum absolute atomic E-state index is 10.7. The van der Waals surface area contributed by atoms with Gasteiger partial charge in [0.15, 0.2) is 6.29 Å². The molecular formula is C10H14N2O. The minimum atomic E-state index is 0.678. The number of hydrogen-bond donors (Lipinski definition) is 2. The summed E-state index contributed by atoms with van der Waals surface area (Å²) in [5, 5.41) is 6.01. The van der Waals surface area contributed by atoms with Gasteiger partial charge >= 0.3 is 0 Å². The van der Waals surface area contributed by atoms with Crippen LogP contribution < -0.4 is 10.6 Å². The van der Waals surface area contributed by atoms with Crippen molar-refractivity contribution in [2.24, 2.45) is 0 Å². The average molecular weight is 178 g/mol. The lowest BCUT2D eigenvalue weighted by molar-refractivity contribution is 0.112. The van der Waals surface area contributed by atoms with Gasteiger partial charge in [0.1, 0.15) is 0 Å². The highest BCUT2D eigenvalue weighted by Gasteiger charge is 2.03. The summed E-state index contributed by atoms with van der Waals surface area (Å²) in [6.45, 7) is 2.00. The van der Waals surface area contributed by atoms with Crippen LogP contribution in [-0.4, -0.2) is 20.4 Å². The van der Waals surface area contributed by atoms with Crippen LogP contribution in [0.2, 0.25) is 0 Å². The van der Waals surface area contributed by atoms with Gasteiger partial charge in [-0.25, -0.2) is 0 Å². The summed E-state index contributed by atoms with van der Waals surface area (Å²) in [5.41, 5.74) is 3.66. The molecule has 0 spiro atoms. The summed E-state index contributed by atoms with van der Waals surface area (Å²) >= 11 is 0. The smallest absolute Gasteiger partial charge is 0.152 e. The Hall–Kier alpha value is -1.51. The highest BCUT2D eigenvalue weighted by atomic mass is 16.1. The van der Waals surface area contributed by atoms with Crippen molar-refractivity contribution < 1.29 is 4.79 Å². The quantitative estimate of drug-likeness (QED) is 0.694. The molecule has 0 aliphatic rings. The zero-order valence-corrected chi connectivity index (χ0v) is 8.14. The molecule has 70 valence electrons. The van der Waals surface area contributed by atoms with Crippen molar-refractivity contribution in [1.29, 1.82) is 0 Å². The third kappa shape index (κ3) is 1.80. The van der Waals surface area contributed by atoms with E-state index in [0.717, 1.165) is 23.2 Å². The molecule has 1 aromatic carbocycles. The summed E-state index contributed by atoms with van der Waals surface area (Å²) in [6, 6.07) is 3.80. The van der Waals surface area contributed by atoms with Crippen LogP contribution in [-0.2, 0) is 0 Å². The Labute approximate surface area is 78.2 Å². The van der Waals surface area contributed by atoms with Crippen molar-refractivity contribution in [2.75, 3.05) is 24.7 Å². The minimum absolute atomic E-state index is 0.678. The number of aryl methyl sites for hydroxylation is 1. The Morgan fingerprint density at radius 3 is 2.23 bits per heavy atom. The molecule has 0 bridgehead atoms. The first-order chi connectivity index (χ1) is 6.22. The van der Waals surface area contributed by atoms with Crippen LogP contribution in [0.4, 0.5) is 11.4 Å². The third-order valence-electron chi connectivity index (χ3n) is 2.06. The fourth-order valence-electron chi connectivity index (χ4n) is 1.31. The molecule has 0 aliphatic heterocycles. The first kappa shape index (κ1) is 9.58. The first-order valence-corrected chi connectivity index (χ1v) is 4.18. The van der Waals surface area contributed by atoms with E-state index in [1.807, 2.05) is 26.1 Å². The highest BCUT2D eigenvalue weighted by Crippen LogP contribution is 2.22. The Kier molecular flexibility index (Phi) is 2.90. The summed E-state index contributed by atoms with van der Waals surface area (Å²) in [6.07, 6.45) is 0.853. The number of rotatable bonds is 3. The molecule has 0 heterocycles. The Morgan fingerprint density at radius 2 is 1.77 bits per heavy atom. The zero-order chi connectivity index (χ0) is 9.84. The van der Waals surface area contributed by atoms with Crippen LogP contribution in [0.1, 0.15) is 15.9 Å². The molecule has 0 unspecified atom stereocenters. The van der Waals surface area contributed by atoms with Crippen LogP contribution in [0.25, 0.3) is 0 Å². The number of anilines is 2. The van der Waals surface area contributed by atoms with Gasteiger partial charge in [-0.2, -0.15) is 0 Å². The Balaban J connectivity index is 3.26. The second kappa shape index (κ2) is 3.94. The lowest BCUT2D eigenvalue weighted by Crippen LogP contribution is -1.99. The van der Waals surface area contributed by atoms with E-state index < -0.39 is 0 Å². The number of carbonyl (C=O) groups excluding carboxylic acids is 1. The average Bonchev–Trinajstić information content (AvgIpc) is 2.17. The van der Waals surface area contributed by atoms with Gasteiger partial charge < -0.3 is 10.6 Å². The molecule has 3 nitrogen and oxygen atoms in total. The van der Waals surface area contributed by atoms with Crippen molar-refractivity contribution in [2.45, 2.75) is 6.92 Å². The molecule has 1 aromatic rings. The molecule has 3 heteroatoms. The van der Waals surface area contributed by atoms with Gasteiger partial charge in [0.05, 0.1) is 0 Å². The van der Waals surface area contributed by atoms with Crippen molar-refractivity contribution in [3.8, 4) is 0 Å². The van der Waals surface area contributed by atoms with E-state index in [1.165, 1.54) is 0 Å². The molecule has 0 fully saturated rings. The first-order valence-electron chi connectivity index (χ1n) is 4.18. The second-order valence-electron chi connectivity index (χ2n) is 2.87. The van der Waals surface area contributed by atoms with E-state index >= 15 is 0 Å². The van der Waals surface area contributed by atoms with Gasteiger partial charge in [0, 0.05) is 31.0 Å². The van der Waals surface area contributed by atoms with E-state index in [4.69, 9.17) is 0 Å². The molecule has 0 aliphatic carbocycles. The molecule has 13 heavy (non-hydrogen) atoms. The monoisotopic (exact) mass is 178 g/mol. The van der Waals surface area contributed by atoms with Crippen molar-refractivity contribution >= 4 is 17.7 Å². The SMILES string of the molecule is CNc1cc(C=O)c(NC)cc1C. The lowest BCUT2D eigenvalue weighted by Gasteiger charge is -2.10. The molecule has 0 aromatic heterocycles. The van der Waals surface area contributed by atoms with Gasteiger partial charge in [-0.15, -0.1) is 0 Å². The van der Waals surface area contributed by atoms with Gasteiger partial charge in [-0.1, -0.05) is 0 Å². The van der Waals surface area contributed by atoms with Gasteiger partial charge in [0.25, 0.3) is 0 Å². The molecule has 2 N–H and O–H groups in total. The van der Waals surface area contributed by atoms with Crippen LogP contribution in [0.3, 0.4) is 0 Å². The molecule has 0 radical (unpaired) electrons. The molecular weight excluding hydrogens is 164 g/mol. The summed E-state index contributed by atoms with van der Waals surface area (Å²) < 4.78 is 0. The molecule has 1 rings (SSSR count). The zero-order valence-electron chi connectivity index (χ0n) is 8.14. The Bertz CT molecular complexity index is 321. The lowest BCUT2D eigenvalue weighted by atomic mass is 10.1. The van der Waals surface area contributed by atoms with Crippen LogP contribution in [0.15, 0.2) is 12.1 Å². The topological polar surface area (TPSA) is 41.1 Å². The number of benzene rings is 1. The second-order valence-corrected chi connectivity index (χ2v) is 2.87. The number of carbonyl (C=O) groups is 1. The molecule has 0 atom stereocenters. The van der Waals surface area contributed by atoms with Crippen molar-refractivity contribution in [1.82, 2.24) is 0 Å². The van der Waals surface area contributed by atoms with Gasteiger partial charge in [-0.3, -0.25) is 4.79 Å². The van der Waals surface area contributed by atoms with E-state index in [1.54, 1.807) is 7.05 Å². The van der Waals surface area contributed by atoms with Crippen molar-refractivity contribution in [3.63, 3.8) is 0 Å². The molecule has 0 amide bonds. The van der Waals surface area contributed by atoms with E-state index in [-0.39, 0.29) is 0 Å². The maximum atomic E-state index is 10.7. The fraction of sp³-hybridized carbons (Fsp3) is 0.300. The number of hydrogen-bond acceptors (Lipinski definition) is 3. The maximum Gasteiger partial charge on any atom is 0.152 e. The normalized spacial score (nSPS) is 9.46. The Morgan fingerprint density at radius 1 is 1.15 bits per heavy atom. The molecule has 0 saturated carbocycles. The summed E-state index contributed by atoms with van der Waals surface area (Å²) in [7, 11) is 3.65. The fourth-order valence-corrected chi connectivity index (χ4v) is 1.31. The largest absolute Gasteiger partial charge is 0.388 e. The predicted octanol–water partition coefficient (Wildman–Crippen LogP) is 1.89. The summed E-state index contributed by atoms with van der Waals surface area (Å²) in [5.74, 6) is 0. The third-order valence-corrected chi connectivity index (χ3v) is 2.06. The van der Waals surface area contributed by atoms with Gasteiger partial charge in [-0.05, 0) is 24.6 Å². The van der Waals surface area contributed by atoms with E-state index in [0.29, 0.717) is 5.56 Å². The predicted molar refractivity (Wildman–Crippen MR) is 55.7 cm³/mol. The van der Waals surface area contributed by atoms with Crippen LogP contribution in [0.5, 0.6) is 0 Å². The van der Waals surface area contributed by atoms with E-state index in [9.17, 15) is 4.79 Å². The summed E-state index contributed by atoms with van der Waals surface area (Å²) in [4.78, 5) is 10.7. The minimum Gasteiger partial charge on any atom is -0.388 e. The van der Waals surface area contributed by atoms with Gasteiger partial charge in [0.2, 0.25) is 0 Å². The van der Waals surface area contributed by atoms with Crippen LogP contribution >= 0.6 is 0 Å². The highest BCUT2D eigenvalue weighted by molar-refractivity contribution is 5.87. The van der Waals surface area contributed by atoms with Crippen molar-refractivity contribution in [3.05, 3.63) is 23.3 Å². The van der Waals surface area contributed by atoms with Crippen LogP contribution in [0, 0.1) is 6.92 Å². The standard InChI is InChI=1S/C10H14N2O/c1-7-4-10(12-3)8(6-13)5-9(7)11-2/h4-6,11-12H,1-3H3. The number of nitrogens with one attached hydrogen (secondary N) is 2. The number of aldehydes is 1. The van der Waals surface area contributed by atoms with E-state index in [2.05, 4.69) is 10.6 Å².